The van der Waals surface area contributed by atoms with Crippen LogP contribution in [0, 0.1) is 0 Å². The van der Waals surface area contributed by atoms with Gasteiger partial charge in [0.1, 0.15) is 0 Å². The Labute approximate surface area is 130 Å². The second kappa shape index (κ2) is 8.40. The number of Topliss-reactive ketones (excluding diaryl/α,β-unsaturated/α-hetero) is 2. The molecular weight excluding hydrogens is 314 g/mol. The summed E-state index contributed by atoms with van der Waals surface area (Å²) in [5, 5.41) is 19.5. The first kappa shape index (κ1) is 20.8. The van der Waals surface area contributed by atoms with Gasteiger partial charge in [-0.1, -0.05) is 0 Å². The predicted molar refractivity (Wildman–Crippen MR) is 74.5 cm³/mol. The summed E-state index contributed by atoms with van der Waals surface area (Å²) in [5.74, 6) is -7.59. The molecule has 2 amide bonds. The highest BCUT2D eigenvalue weighted by atomic mass is 16.4. The second-order valence-electron chi connectivity index (χ2n) is 4.30. The highest BCUT2D eigenvalue weighted by molar-refractivity contribution is 6.19. The first-order chi connectivity index (χ1) is 10.7. The van der Waals surface area contributed by atoms with Gasteiger partial charge in [0, 0.05) is 0 Å². The standard InChI is InChI=1S/C11H19N5O7/c12-1-5(17)9(21)11(10(22)23,6(18)2-13)16(7(19)3-14)8(20)4-15/h9,21H,1-4,12-15H2,(H,22,23)/t9?,11-/m0/s1. The number of hydrogen-bond donors (Lipinski definition) is 6. The molecule has 23 heavy (non-hydrogen) atoms. The average Bonchev–Trinajstić information content (AvgIpc) is 2.55. The number of aliphatic hydroxyl groups excluding tert-OH is 1. The second-order valence-corrected chi connectivity index (χ2v) is 4.30. The van der Waals surface area contributed by atoms with Crippen molar-refractivity contribution >= 4 is 29.4 Å². The van der Waals surface area contributed by atoms with Crippen molar-refractivity contribution < 1.29 is 34.2 Å². The molecule has 0 rings (SSSR count). The lowest BCUT2D eigenvalue weighted by molar-refractivity contribution is -0.179. The SMILES string of the molecule is NCC(=O)C(O)[C@](C(=O)O)(C(=O)CN)N(C(=O)CN)C(=O)CN. The summed E-state index contributed by atoms with van der Waals surface area (Å²) in [6.45, 7) is -3.62. The maximum absolute atomic E-state index is 12.1. The van der Waals surface area contributed by atoms with Gasteiger partial charge in [-0.05, 0) is 0 Å². The van der Waals surface area contributed by atoms with E-state index in [4.69, 9.17) is 22.9 Å². The monoisotopic (exact) mass is 333 g/mol. The maximum Gasteiger partial charge on any atom is 0.341 e. The predicted octanol–water partition coefficient (Wildman–Crippen LogP) is -5.50. The number of hydrogen-bond acceptors (Lipinski definition) is 10. The number of carbonyl (C=O) groups excluding carboxylic acids is 4. The summed E-state index contributed by atoms with van der Waals surface area (Å²) < 4.78 is 0. The Balaban J connectivity index is 6.65. The normalized spacial score (nSPS) is 14.5. The van der Waals surface area contributed by atoms with Crippen LogP contribution in [0.25, 0.3) is 0 Å². The number of amides is 2. The summed E-state index contributed by atoms with van der Waals surface area (Å²) in [4.78, 5) is 59.2. The van der Waals surface area contributed by atoms with E-state index in [1.807, 2.05) is 0 Å². The molecule has 0 saturated heterocycles. The van der Waals surface area contributed by atoms with Gasteiger partial charge in [0.15, 0.2) is 17.7 Å². The van der Waals surface area contributed by atoms with Crippen molar-refractivity contribution in [3.05, 3.63) is 0 Å². The number of carboxylic acid groups (broad SMARTS) is 1. The average molecular weight is 333 g/mol. The van der Waals surface area contributed by atoms with Gasteiger partial charge in [0.05, 0.1) is 26.2 Å². The fourth-order valence-electron chi connectivity index (χ4n) is 1.95. The number of nitrogens with zero attached hydrogens (tertiary/aromatic N) is 1. The van der Waals surface area contributed by atoms with Crippen molar-refractivity contribution in [2.45, 2.75) is 11.6 Å². The maximum atomic E-state index is 12.1. The van der Waals surface area contributed by atoms with E-state index < -0.39 is 67.2 Å². The van der Waals surface area contributed by atoms with Gasteiger partial charge >= 0.3 is 5.97 Å². The molecule has 0 saturated carbocycles. The Hall–Kier alpha value is -2.25. The summed E-state index contributed by atoms with van der Waals surface area (Å²) in [5.41, 5.74) is 17.1. The molecule has 1 unspecified atom stereocenters. The third-order valence-corrected chi connectivity index (χ3v) is 3.04. The molecule has 0 spiro atoms. The number of rotatable bonds is 9. The van der Waals surface area contributed by atoms with E-state index in [2.05, 4.69) is 0 Å². The van der Waals surface area contributed by atoms with Gasteiger partial charge in [-0.2, -0.15) is 0 Å². The molecule has 0 fully saturated rings. The minimum Gasteiger partial charge on any atom is -0.479 e. The van der Waals surface area contributed by atoms with Crippen LogP contribution in [0.15, 0.2) is 0 Å². The van der Waals surface area contributed by atoms with Crippen LogP contribution in [0.2, 0.25) is 0 Å². The highest BCUT2D eigenvalue weighted by Crippen LogP contribution is 2.24. The molecule has 0 bridgehead atoms. The van der Waals surface area contributed by atoms with Crippen molar-refractivity contribution in [2.24, 2.45) is 22.9 Å². The lowest BCUT2D eigenvalue weighted by Crippen LogP contribution is -2.74. The molecule has 0 aliphatic carbocycles. The van der Waals surface area contributed by atoms with Crippen LogP contribution in [0.5, 0.6) is 0 Å². The number of imide groups is 1. The molecule has 2 atom stereocenters. The molecular formula is C11H19N5O7. The largest absolute Gasteiger partial charge is 0.479 e. The number of aliphatic hydroxyl groups is 1. The first-order valence-corrected chi connectivity index (χ1v) is 6.30. The van der Waals surface area contributed by atoms with E-state index in [0.29, 0.717) is 0 Å². The van der Waals surface area contributed by atoms with Crippen LogP contribution in [-0.4, -0.2) is 82.3 Å². The van der Waals surface area contributed by atoms with Crippen LogP contribution in [0.3, 0.4) is 0 Å². The minimum absolute atomic E-state index is 0.136. The van der Waals surface area contributed by atoms with Crippen LogP contribution >= 0.6 is 0 Å². The number of nitrogens with two attached hydrogens (primary N) is 4. The molecule has 10 N–H and O–H groups in total. The van der Waals surface area contributed by atoms with Crippen molar-refractivity contribution in [1.29, 1.82) is 0 Å². The lowest BCUT2D eigenvalue weighted by Gasteiger charge is -2.39. The Kier molecular flexibility index (Phi) is 7.58. The topological polar surface area (TPSA) is 233 Å². The van der Waals surface area contributed by atoms with Crippen molar-refractivity contribution in [3.8, 4) is 0 Å². The fourth-order valence-corrected chi connectivity index (χ4v) is 1.95. The Morgan fingerprint density at radius 2 is 1.30 bits per heavy atom. The summed E-state index contributed by atoms with van der Waals surface area (Å²) >= 11 is 0. The van der Waals surface area contributed by atoms with E-state index in [0.717, 1.165) is 0 Å². The molecule has 12 nitrogen and oxygen atoms in total. The van der Waals surface area contributed by atoms with Crippen LogP contribution in [0.4, 0.5) is 0 Å². The van der Waals surface area contributed by atoms with Gasteiger partial charge < -0.3 is 33.1 Å². The van der Waals surface area contributed by atoms with Gasteiger partial charge in [-0.15, -0.1) is 0 Å². The Morgan fingerprint density at radius 3 is 1.57 bits per heavy atom. The zero-order chi connectivity index (χ0) is 18.4. The van der Waals surface area contributed by atoms with E-state index in [9.17, 15) is 34.2 Å². The summed E-state index contributed by atoms with van der Waals surface area (Å²) in [7, 11) is 0. The molecule has 0 heterocycles. The van der Waals surface area contributed by atoms with Crippen LogP contribution < -0.4 is 22.9 Å². The summed E-state index contributed by atoms with van der Waals surface area (Å²) in [6, 6.07) is 0. The lowest BCUT2D eigenvalue weighted by atomic mass is 9.82. The fraction of sp³-hybridized carbons (Fsp3) is 0.545. The van der Waals surface area contributed by atoms with Gasteiger partial charge in [-0.3, -0.25) is 24.1 Å². The van der Waals surface area contributed by atoms with Gasteiger partial charge in [-0.25, -0.2) is 4.79 Å². The third kappa shape index (κ3) is 3.57. The van der Waals surface area contributed by atoms with Crippen LogP contribution in [0.1, 0.15) is 0 Å². The molecule has 0 radical (unpaired) electrons. The first-order valence-electron chi connectivity index (χ1n) is 6.30. The van der Waals surface area contributed by atoms with E-state index in [1.165, 1.54) is 0 Å². The van der Waals surface area contributed by atoms with Crippen molar-refractivity contribution in [2.75, 3.05) is 26.2 Å². The molecule has 0 aromatic heterocycles. The number of aliphatic carboxylic acids is 1. The summed E-state index contributed by atoms with van der Waals surface area (Å²) in [6.07, 6.45) is -2.63. The minimum atomic E-state index is -3.29. The molecule has 0 aliphatic heterocycles. The van der Waals surface area contributed by atoms with E-state index in [-0.39, 0.29) is 4.90 Å². The van der Waals surface area contributed by atoms with Gasteiger partial charge in [0.2, 0.25) is 17.4 Å². The Morgan fingerprint density at radius 1 is 0.870 bits per heavy atom. The van der Waals surface area contributed by atoms with E-state index in [1.54, 1.807) is 0 Å². The van der Waals surface area contributed by atoms with Gasteiger partial charge in [0.25, 0.3) is 0 Å². The quantitative estimate of drug-likeness (QED) is 0.218. The highest BCUT2D eigenvalue weighted by Gasteiger charge is 2.61. The number of carboxylic acids is 1. The number of ketones is 2. The van der Waals surface area contributed by atoms with E-state index >= 15 is 0 Å². The zero-order valence-electron chi connectivity index (χ0n) is 12.1. The molecule has 0 aliphatic rings. The van der Waals surface area contributed by atoms with Crippen LogP contribution in [-0.2, 0) is 24.0 Å². The third-order valence-electron chi connectivity index (χ3n) is 3.04. The van der Waals surface area contributed by atoms with Crippen molar-refractivity contribution in [1.82, 2.24) is 4.90 Å². The molecule has 0 aromatic carbocycles. The smallest absolute Gasteiger partial charge is 0.341 e. The zero-order valence-corrected chi connectivity index (χ0v) is 12.1. The molecule has 12 heteroatoms. The Bertz CT molecular complexity index is 507. The molecule has 130 valence electrons. The van der Waals surface area contributed by atoms with Crippen molar-refractivity contribution in [3.63, 3.8) is 0 Å². The number of carbonyl (C=O) groups is 5. The molecule has 0 aromatic rings.